The zero-order chi connectivity index (χ0) is 12.6. The van der Waals surface area contributed by atoms with E-state index in [9.17, 15) is 0 Å². The molecule has 0 spiro atoms. The highest BCUT2D eigenvalue weighted by molar-refractivity contribution is 5.41. The minimum Gasteiger partial charge on any atom is -0.384 e. The number of nitrogens with one attached hydrogen (secondary N) is 1. The van der Waals surface area contributed by atoms with E-state index in [1.165, 1.54) is 18.7 Å². The summed E-state index contributed by atoms with van der Waals surface area (Å²) in [4.78, 5) is 2.57. The van der Waals surface area contributed by atoms with Crippen LogP contribution in [0.25, 0.3) is 0 Å². The van der Waals surface area contributed by atoms with E-state index < -0.39 is 0 Å². The summed E-state index contributed by atoms with van der Waals surface area (Å²) in [6, 6.07) is 0. The molecule has 0 unspecified atom stereocenters. The van der Waals surface area contributed by atoms with Crippen LogP contribution in [-0.2, 0) is 0 Å². The molecule has 17 heavy (non-hydrogen) atoms. The quantitative estimate of drug-likeness (QED) is 0.750. The number of hydrogen-bond donors (Lipinski definition) is 1. The third-order valence-corrected chi connectivity index (χ3v) is 3.90. The average Bonchev–Trinajstić information content (AvgIpc) is 2.26. The van der Waals surface area contributed by atoms with Crippen LogP contribution >= 0.6 is 0 Å². The normalized spacial score (nSPS) is 22.4. The summed E-state index contributed by atoms with van der Waals surface area (Å²) >= 11 is 0. The fraction of sp³-hybridized carbons (Fsp3) is 0.733. The van der Waals surface area contributed by atoms with Crippen molar-refractivity contribution < 1.29 is 0 Å². The maximum atomic E-state index is 3.57. The van der Waals surface area contributed by atoms with E-state index in [4.69, 9.17) is 0 Å². The van der Waals surface area contributed by atoms with Crippen molar-refractivity contribution in [2.75, 3.05) is 19.6 Å². The molecule has 0 aromatic carbocycles. The van der Waals surface area contributed by atoms with Gasteiger partial charge in [-0.1, -0.05) is 19.9 Å². The third-order valence-electron chi connectivity index (χ3n) is 3.90. The van der Waals surface area contributed by atoms with Crippen molar-refractivity contribution in [3.05, 3.63) is 22.9 Å². The van der Waals surface area contributed by atoms with E-state index in [0.717, 1.165) is 13.1 Å². The molecule has 0 saturated carbocycles. The third kappa shape index (κ3) is 2.57. The molecule has 0 saturated heterocycles. The summed E-state index contributed by atoms with van der Waals surface area (Å²) in [6.45, 7) is 14.8. The highest BCUT2D eigenvalue weighted by Crippen LogP contribution is 2.32. The van der Waals surface area contributed by atoms with Gasteiger partial charge in [0, 0.05) is 30.9 Å². The molecule has 2 rings (SSSR count). The number of hydrogen-bond acceptors (Lipinski definition) is 2. The Morgan fingerprint density at radius 1 is 1.29 bits per heavy atom. The van der Waals surface area contributed by atoms with Crippen LogP contribution in [0, 0.1) is 5.92 Å². The van der Waals surface area contributed by atoms with Crippen LogP contribution < -0.4 is 5.32 Å². The Bertz CT molecular complexity index is 356. The molecule has 2 aliphatic rings. The summed E-state index contributed by atoms with van der Waals surface area (Å²) in [7, 11) is 0. The molecule has 96 valence electrons. The molecule has 2 heterocycles. The van der Waals surface area contributed by atoms with E-state index in [1.54, 1.807) is 11.1 Å². The predicted molar refractivity (Wildman–Crippen MR) is 73.9 cm³/mol. The molecule has 0 amide bonds. The maximum Gasteiger partial charge on any atom is 0.0390 e. The van der Waals surface area contributed by atoms with Gasteiger partial charge in [0.25, 0.3) is 0 Å². The molecule has 0 aromatic rings. The van der Waals surface area contributed by atoms with Crippen molar-refractivity contribution in [2.24, 2.45) is 5.92 Å². The summed E-state index contributed by atoms with van der Waals surface area (Å²) in [5.74, 6) is 0.656. The van der Waals surface area contributed by atoms with Crippen molar-refractivity contribution in [2.45, 2.75) is 46.6 Å². The first-order chi connectivity index (χ1) is 7.89. The second-order valence-electron chi connectivity index (χ2n) is 6.49. The molecule has 0 aliphatic carbocycles. The number of allylic oxidation sites excluding steroid dienone is 1. The van der Waals surface area contributed by atoms with Gasteiger partial charge in [-0.25, -0.2) is 0 Å². The number of dihydropyridines is 1. The summed E-state index contributed by atoms with van der Waals surface area (Å²) in [5.41, 5.74) is 4.91. The fourth-order valence-corrected chi connectivity index (χ4v) is 2.81. The van der Waals surface area contributed by atoms with Gasteiger partial charge in [0.2, 0.25) is 0 Å². The van der Waals surface area contributed by atoms with Crippen molar-refractivity contribution in [1.82, 2.24) is 10.2 Å². The predicted octanol–water partition coefficient (Wildman–Crippen LogP) is 2.93. The van der Waals surface area contributed by atoms with E-state index >= 15 is 0 Å². The lowest BCUT2D eigenvalue weighted by Crippen LogP contribution is -2.48. The minimum atomic E-state index is 0.277. The molecule has 0 radical (unpaired) electrons. The summed E-state index contributed by atoms with van der Waals surface area (Å²) in [6.07, 6.45) is 3.57. The molecule has 0 aromatic heterocycles. The van der Waals surface area contributed by atoms with Gasteiger partial charge in [0.05, 0.1) is 0 Å². The molecular formula is C15H26N2. The Morgan fingerprint density at radius 3 is 2.59 bits per heavy atom. The van der Waals surface area contributed by atoms with Crippen molar-refractivity contribution in [1.29, 1.82) is 0 Å². The monoisotopic (exact) mass is 234 g/mol. The van der Waals surface area contributed by atoms with E-state index in [0.29, 0.717) is 5.92 Å². The van der Waals surface area contributed by atoms with Gasteiger partial charge in [-0.05, 0) is 44.3 Å². The molecule has 2 aliphatic heterocycles. The maximum absolute atomic E-state index is 3.57. The van der Waals surface area contributed by atoms with E-state index in [2.05, 4.69) is 50.9 Å². The molecular weight excluding hydrogens is 208 g/mol. The Kier molecular flexibility index (Phi) is 3.35. The smallest absolute Gasteiger partial charge is 0.0390 e. The van der Waals surface area contributed by atoms with Crippen LogP contribution in [-0.4, -0.2) is 30.1 Å². The zero-order valence-electron chi connectivity index (χ0n) is 11.9. The van der Waals surface area contributed by atoms with Gasteiger partial charge in [0.15, 0.2) is 0 Å². The number of nitrogens with zero attached hydrogens (tertiary/aromatic N) is 1. The lowest BCUT2D eigenvalue weighted by molar-refractivity contribution is 0.140. The second kappa shape index (κ2) is 4.49. The minimum absolute atomic E-state index is 0.277. The lowest BCUT2D eigenvalue weighted by Gasteiger charge is -2.42. The number of rotatable bonds is 1. The average molecular weight is 234 g/mol. The molecule has 0 fully saturated rings. The van der Waals surface area contributed by atoms with Crippen LogP contribution in [0.3, 0.4) is 0 Å². The first-order valence-electron chi connectivity index (χ1n) is 6.81. The standard InChI is InChI=1S/C15H26N2/c1-11(2)12-6-8-16-14-10-17(15(3,4)5)9-7-13(12)14/h6,11,16H,7-10H2,1-5H3. The molecule has 2 heteroatoms. The van der Waals surface area contributed by atoms with Crippen molar-refractivity contribution in [3.8, 4) is 0 Å². The Labute approximate surface area is 106 Å². The topological polar surface area (TPSA) is 15.3 Å². The Balaban J connectivity index is 2.21. The lowest BCUT2D eigenvalue weighted by atomic mass is 9.86. The molecule has 0 atom stereocenters. The van der Waals surface area contributed by atoms with E-state index in [-0.39, 0.29) is 5.54 Å². The highest BCUT2D eigenvalue weighted by Gasteiger charge is 2.29. The van der Waals surface area contributed by atoms with Crippen LogP contribution in [0.4, 0.5) is 0 Å². The van der Waals surface area contributed by atoms with Gasteiger partial charge in [-0.15, -0.1) is 0 Å². The Morgan fingerprint density at radius 2 is 2.00 bits per heavy atom. The largest absolute Gasteiger partial charge is 0.384 e. The molecule has 1 N–H and O–H groups in total. The Hall–Kier alpha value is -0.760. The fourth-order valence-electron chi connectivity index (χ4n) is 2.81. The second-order valence-corrected chi connectivity index (χ2v) is 6.49. The van der Waals surface area contributed by atoms with Gasteiger partial charge in [-0.2, -0.15) is 0 Å². The zero-order valence-corrected chi connectivity index (χ0v) is 11.9. The van der Waals surface area contributed by atoms with E-state index in [1.807, 2.05) is 0 Å². The summed E-state index contributed by atoms with van der Waals surface area (Å²) in [5, 5.41) is 3.57. The van der Waals surface area contributed by atoms with Gasteiger partial charge < -0.3 is 5.32 Å². The first-order valence-corrected chi connectivity index (χ1v) is 6.81. The molecule has 0 bridgehead atoms. The van der Waals surface area contributed by atoms with Crippen LogP contribution in [0.15, 0.2) is 22.9 Å². The first kappa shape index (κ1) is 12.7. The van der Waals surface area contributed by atoms with Crippen molar-refractivity contribution in [3.63, 3.8) is 0 Å². The highest BCUT2D eigenvalue weighted by atomic mass is 15.2. The van der Waals surface area contributed by atoms with Crippen LogP contribution in [0.5, 0.6) is 0 Å². The van der Waals surface area contributed by atoms with Crippen LogP contribution in [0.1, 0.15) is 41.0 Å². The SMILES string of the molecule is CC(C)C1=CCNC2=C1CCN(C(C)(C)C)C2. The van der Waals surface area contributed by atoms with Gasteiger partial charge >= 0.3 is 0 Å². The van der Waals surface area contributed by atoms with Gasteiger partial charge in [0.1, 0.15) is 0 Å². The molecule has 2 nitrogen and oxygen atoms in total. The summed E-state index contributed by atoms with van der Waals surface area (Å²) < 4.78 is 0. The van der Waals surface area contributed by atoms with Crippen molar-refractivity contribution >= 4 is 0 Å². The van der Waals surface area contributed by atoms with Gasteiger partial charge in [-0.3, -0.25) is 4.90 Å². The van der Waals surface area contributed by atoms with Crippen LogP contribution in [0.2, 0.25) is 0 Å².